The van der Waals surface area contributed by atoms with Gasteiger partial charge in [0.05, 0.1) is 0 Å². The van der Waals surface area contributed by atoms with Crippen molar-refractivity contribution in [2.24, 2.45) is 0 Å². The predicted octanol–water partition coefficient (Wildman–Crippen LogP) is -0.347. The zero-order valence-electron chi connectivity index (χ0n) is 7.78. The molecule has 0 fully saturated rings. The number of nitrogens with one attached hydrogen (secondary N) is 1. The third kappa shape index (κ3) is 6.86. The van der Waals surface area contributed by atoms with Crippen LogP contribution in [-0.2, 0) is 9.59 Å². The molecule has 5 heteroatoms. The number of hydrogen-bond acceptors (Lipinski definition) is 3. The SMILES string of the molecule is CN(C)C(=O)CCN/C=C/C(=O)O. The summed E-state index contributed by atoms with van der Waals surface area (Å²) in [6.45, 7) is 0.445. The molecule has 0 aliphatic heterocycles. The molecule has 0 unspecified atom stereocenters. The molecule has 0 bridgehead atoms. The van der Waals surface area contributed by atoms with Crippen molar-refractivity contribution < 1.29 is 14.7 Å². The molecule has 0 rings (SSSR count). The standard InChI is InChI=1S/C8H14N2O3/c1-10(2)7(11)3-5-9-6-4-8(12)13/h4,6,9H,3,5H2,1-2H3,(H,12,13)/b6-4+. The van der Waals surface area contributed by atoms with E-state index in [0.29, 0.717) is 13.0 Å². The lowest BCUT2D eigenvalue weighted by molar-refractivity contribution is -0.131. The summed E-state index contributed by atoms with van der Waals surface area (Å²) in [7, 11) is 3.35. The molecule has 0 atom stereocenters. The normalized spacial score (nSPS) is 10.0. The lowest BCUT2D eigenvalue weighted by Crippen LogP contribution is -2.25. The minimum absolute atomic E-state index is 0.0104. The zero-order valence-corrected chi connectivity index (χ0v) is 7.78. The van der Waals surface area contributed by atoms with Gasteiger partial charge in [-0.2, -0.15) is 0 Å². The molecule has 0 aromatic carbocycles. The molecule has 0 aromatic heterocycles. The second kappa shape index (κ2) is 6.05. The number of hydrogen-bond donors (Lipinski definition) is 2. The topological polar surface area (TPSA) is 69.6 Å². The summed E-state index contributed by atoms with van der Waals surface area (Å²) in [4.78, 5) is 22.5. The van der Waals surface area contributed by atoms with Crippen molar-refractivity contribution in [3.63, 3.8) is 0 Å². The Morgan fingerprint density at radius 1 is 1.46 bits per heavy atom. The molecule has 0 aromatic rings. The minimum atomic E-state index is -1.01. The summed E-state index contributed by atoms with van der Waals surface area (Å²) in [6, 6.07) is 0. The van der Waals surface area contributed by atoms with E-state index in [-0.39, 0.29) is 5.91 Å². The van der Waals surface area contributed by atoms with Crippen molar-refractivity contribution >= 4 is 11.9 Å². The van der Waals surface area contributed by atoms with Crippen molar-refractivity contribution in [1.82, 2.24) is 10.2 Å². The summed E-state index contributed by atoms with van der Waals surface area (Å²) < 4.78 is 0. The molecule has 1 amide bonds. The minimum Gasteiger partial charge on any atom is -0.478 e. The van der Waals surface area contributed by atoms with Gasteiger partial charge in [-0.3, -0.25) is 4.79 Å². The highest BCUT2D eigenvalue weighted by atomic mass is 16.4. The highest BCUT2D eigenvalue weighted by molar-refractivity contribution is 5.79. The Hall–Kier alpha value is -1.52. The van der Waals surface area contributed by atoms with Crippen LogP contribution in [0, 0.1) is 0 Å². The van der Waals surface area contributed by atoms with Crippen molar-refractivity contribution in [2.45, 2.75) is 6.42 Å². The monoisotopic (exact) mass is 186 g/mol. The van der Waals surface area contributed by atoms with Gasteiger partial charge < -0.3 is 15.3 Å². The second-order valence-corrected chi connectivity index (χ2v) is 2.66. The second-order valence-electron chi connectivity index (χ2n) is 2.66. The highest BCUT2D eigenvalue weighted by Gasteiger charge is 2.00. The molecule has 5 nitrogen and oxygen atoms in total. The molecule has 13 heavy (non-hydrogen) atoms. The van der Waals surface area contributed by atoms with Gasteiger partial charge in [0.25, 0.3) is 0 Å². The van der Waals surface area contributed by atoms with Crippen molar-refractivity contribution in [1.29, 1.82) is 0 Å². The summed E-state index contributed by atoms with van der Waals surface area (Å²) in [5.74, 6) is -0.998. The number of carboxylic acids is 1. The Morgan fingerprint density at radius 3 is 2.54 bits per heavy atom. The molecule has 0 saturated carbocycles. The van der Waals surface area contributed by atoms with Gasteiger partial charge in [-0.25, -0.2) is 4.79 Å². The van der Waals surface area contributed by atoms with Crippen LogP contribution in [0.15, 0.2) is 12.3 Å². The Balaban J connectivity index is 3.46. The number of rotatable bonds is 5. The number of carbonyl (C=O) groups excluding carboxylic acids is 1. The average molecular weight is 186 g/mol. The molecule has 0 heterocycles. The average Bonchev–Trinajstić information content (AvgIpc) is 2.02. The van der Waals surface area contributed by atoms with Crippen LogP contribution in [0.1, 0.15) is 6.42 Å². The number of carboxylic acid groups (broad SMARTS) is 1. The molecule has 0 radical (unpaired) electrons. The third-order valence-corrected chi connectivity index (χ3v) is 1.33. The Bertz CT molecular complexity index is 211. The van der Waals surface area contributed by atoms with Gasteiger partial charge >= 0.3 is 5.97 Å². The van der Waals surface area contributed by atoms with E-state index in [1.165, 1.54) is 11.1 Å². The lowest BCUT2D eigenvalue weighted by atomic mass is 10.4. The summed E-state index contributed by atoms with van der Waals surface area (Å²) in [5.41, 5.74) is 0. The molecule has 0 aliphatic carbocycles. The van der Waals surface area contributed by atoms with Crippen LogP contribution in [0.3, 0.4) is 0 Å². The fraction of sp³-hybridized carbons (Fsp3) is 0.500. The first kappa shape index (κ1) is 11.5. The van der Waals surface area contributed by atoms with Gasteiger partial charge in [0.2, 0.25) is 5.91 Å². The van der Waals surface area contributed by atoms with E-state index < -0.39 is 5.97 Å². The fourth-order valence-electron chi connectivity index (χ4n) is 0.616. The van der Waals surface area contributed by atoms with Crippen molar-refractivity contribution in [3.05, 3.63) is 12.3 Å². The molecule has 0 saturated heterocycles. The molecular weight excluding hydrogens is 172 g/mol. The maximum Gasteiger partial charge on any atom is 0.329 e. The van der Waals surface area contributed by atoms with Crippen LogP contribution in [0.4, 0.5) is 0 Å². The Kier molecular flexibility index (Phi) is 5.34. The molecule has 2 N–H and O–H groups in total. The predicted molar refractivity (Wildman–Crippen MR) is 48.1 cm³/mol. The fourth-order valence-corrected chi connectivity index (χ4v) is 0.616. The number of carbonyl (C=O) groups is 2. The van der Waals surface area contributed by atoms with E-state index in [4.69, 9.17) is 5.11 Å². The van der Waals surface area contributed by atoms with Crippen LogP contribution in [0.5, 0.6) is 0 Å². The molecular formula is C8H14N2O3. The Morgan fingerprint density at radius 2 is 2.08 bits per heavy atom. The molecule has 0 spiro atoms. The molecule has 0 aliphatic rings. The van der Waals surface area contributed by atoms with Gasteiger partial charge in [-0.05, 0) is 0 Å². The first-order valence-electron chi connectivity index (χ1n) is 3.87. The van der Waals surface area contributed by atoms with Gasteiger partial charge in [-0.15, -0.1) is 0 Å². The number of amides is 1. The van der Waals surface area contributed by atoms with Crippen LogP contribution in [0.25, 0.3) is 0 Å². The van der Waals surface area contributed by atoms with Crippen molar-refractivity contribution in [3.8, 4) is 0 Å². The first-order chi connectivity index (χ1) is 6.04. The summed E-state index contributed by atoms with van der Waals surface area (Å²) in [6.07, 6.45) is 2.66. The first-order valence-corrected chi connectivity index (χ1v) is 3.87. The van der Waals surface area contributed by atoms with Gasteiger partial charge in [0, 0.05) is 39.3 Å². The Labute approximate surface area is 77.0 Å². The summed E-state index contributed by atoms with van der Waals surface area (Å²) in [5, 5.41) is 10.9. The van der Waals surface area contributed by atoms with Gasteiger partial charge in [-0.1, -0.05) is 0 Å². The van der Waals surface area contributed by atoms with Crippen LogP contribution in [-0.4, -0.2) is 42.5 Å². The van der Waals surface area contributed by atoms with E-state index in [9.17, 15) is 9.59 Å². The molecule has 74 valence electrons. The third-order valence-electron chi connectivity index (χ3n) is 1.33. The van der Waals surface area contributed by atoms with E-state index in [0.717, 1.165) is 6.08 Å². The summed E-state index contributed by atoms with van der Waals surface area (Å²) >= 11 is 0. The highest BCUT2D eigenvalue weighted by Crippen LogP contribution is 1.84. The van der Waals surface area contributed by atoms with Gasteiger partial charge in [0.15, 0.2) is 0 Å². The number of nitrogens with zero attached hydrogens (tertiary/aromatic N) is 1. The maximum atomic E-state index is 11.0. The van der Waals surface area contributed by atoms with Crippen molar-refractivity contribution in [2.75, 3.05) is 20.6 Å². The smallest absolute Gasteiger partial charge is 0.329 e. The van der Waals surface area contributed by atoms with Crippen LogP contribution >= 0.6 is 0 Å². The van der Waals surface area contributed by atoms with Crippen LogP contribution in [0.2, 0.25) is 0 Å². The lowest BCUT2D eigenvalue weighted by Gasteiger charge is -2.09. The number of aliphatic carboxylic acids is 1. The quantitative estimate of drug-likeness (QED) is 0.455. The van der Waals surface area contributed by atoms with Gasteiger partial charge in [0.1, 0.15) is 0 Å². The van der Waals surface area contributed by atoms with E-state index >= 15 is 0 Å². The zero-order chi connectivity index (χ0) is 10.3. The largest absolute Gasteiger partial charge is 0.478 e. The van der Waals surface area contributed by atoms with E-state index in [2.05, 4.69) is 5.32 Å². The van der Waals surface area contributed by atoms with E-state index in [1.54, 1.807) is 14.1 Å². The van der Waals surface area contributed by atoms with Crippen LogP contribution < -0.4 is 5.32 Å². The maximum absolute atomic E-state index is 11.0. The van der Waals surface area contributed by atoms with E-state index in [1.807, 2.05) is 0 Å².